The Morgan fingerprint density at radius 3 is 2.51 bits per heavy atom. The van der Waals surface area contributed by atoms with Gasteiger partial charge in [0.1, 0.15) is 12.3 Å². The fraction of sp³-hybridized carbons (Fsp3) is 0.560. The van der Waals surface area contributed by atoms with Crippen molar-refractivity contribution in [3.8, 4) is 0 Å². The Balaban J connectivity index is 1.55. The lowest BCUT2D eigenvalue weighted by atomic mass is 9.79. The number of aliphatic hydroxyl groups excluding tert-OH is 1. The van der Waals surface area contributed by atoms with E-state index in [-0.39, 0.29) is 53.1 Å². The number of nitrogens with zero attached hydrogens (tertiary/aromatic N) is 4. The number of likely N-dealkylation sites (tertiary alicyclic amines) is 1. The predicted octanol–water partition coefficient (Wildman–Crippen LogP) is 1.60. The first-order chi connectivity index (χ1) is 17.4. The minimum Gasteiger partial charge on any atom is -0.456 e. The number of non-ortho nitro benzene ring substituents is 1. The molecule has 3 heterocycles. The maximum absolute atomic E-state index is 13.3. The highest BCUT2D eigenvalue weighted by molar-refractivity contribution is 8.03. The standard InChI is InChI=1S/C25H32N4O7S/c1-13-20-19(14(2)30)24(32)28(20)21(25(33)36-12-15-6-8-16(9-7-15)29(34)35)22(13)37-17-10-18(27(5)11-17)23(31)26(3)4/h6-9,13-14,17-20,30H,10-12H2,1-5H3/t13-,14-,17+,18+,19-,20?/m1/s1. The third-order valence-electron chi connectivity index (χ3n) is 7.35. The van der Waals surface area contributed by atoms with Gasteiger partial charge in [-0.05, 0) is 38.1 Å². The lowest BCUT2D eigenvalue weighted by Crippen LogP contribution is -2.63. The van der Waals surface area contributed by atoms with E-state index in [1.807, 2.05) is 18.9 Å². The van der Waals surface area contributed by atoms with Crippen LogP contribution in [-0.4, -0.2) is 93.6 Å². The van der Waals surface area contributed by atoms with Crippen LogP contribution in [0.4, 0.5) is 5.69 Å². The van der Waals surface area contributed by atoms with Gasteiger partial charge in [0.2, 0.25) is 11.8 Å². The van der Waals surface area contributed by atoms with E-state index in [1.165, 1.54) is 40.9 Å². The number of esters is 1. The molecule has 2 saturated heterocycles. The number of carbonyl (C=O) groups is 3. The molecule has 2 fully saturated rings. The number of benzene rings is 1. The monoisotopic (exact) mass is 532 g/mol. The molecule has 1 aromatic rings. The molecular weight excluding hydrogens is 500 g/mol. The number of rotatable bonds is 8. The number of carbonyl (C=O) groups excluding carboxylic acids is 3. The second-order valence-corrected chi connectivity index (χ2v) is 11.5. The summed E-state index contributed by atoms with van der Waals surface area (Å²) in [4.78, 5) is 55.0. The van der Waals surface area contributed by atoms with E-state index in [0.29, 0.717) is 18.5 Å². The van der Waals surface area contributed by atoms with Crippen LogP contribution in [0.15, 0.2) is 34.9 Å². The van der Waals surface area contributed by atoms with Crippen molar-refractivity contribution in [2.75, 3.05) is 27.7 Å². The topological polar surface area (TPSA) is 134 Å². The van der Waals surface area contributed by atoms with Crippen molar-refractivity contribution in [2.45, 2.75) is 50.3 Å². The van der Waals surface area contributed by atoms with Gasteiger partial charge in [0.05, 0.1) is 29.0 Å². The molecule has 6 atom stereocenters. The van der Waals surface area contributed by atoms with Gasteiger partial charge in [-0.1, -0.05) is 6.92 Å². The summed E-state index contributed by atoms with van der Waals surface area (Å²) in [5.74, 6) is -1.72. The van der Waals surface area contributed by atoms with Crippen molar-refractivity contribution < 1.29 is 29.2 Å². The molecular formula is C25H32N4O7S. The fourth-order valence-corrected chi connectivity index (χ4v) is 7.00. The molecule has 200 valence electrons. The number of hydrogen-bond donors (Lipinski definition) is 1. The summed E-state index contributed by atoms with van der Waals surface area (Å²) in [5, 5.41) is 21.1. The van der Waals surface area contributed by atoms with Crippen molar-refractivity contribution in [1.29, 1.82) is 0 Å². The van der Waals surface area contributed by atoms with Gasteiger partial charge in [0.25, 0.3) is 5.69 Å². The van der Waals surface area contributed by atoms with Crippen molar-refractivity contribution >= 4 is 35.2 Å². The lowest BCUT2D eigenvalue weighted by Gasteiger charge is -2.46. The third kappa shape index (κ3) is 4.97. The maximum atomic E-state index is 13.3. The fourth-order valence-electron chi connectivity index (χ4n) is 5.40. The smallest absolute Gasteiger partial charge is 0.356 e. The second-order valence-electron chi connectivity index (χ2n) is 10.1. The lowest BCUT2D eigenvalue weighted by molar-refractivity contribution is -0.384. The molecule has 0 radical (unpaired) electrons. The average molecular weight is 533 g/mol. The number of β-lactam (4-membered cyclic amide) rings is 1. The number of thioether (sulfide) groups is 1. The van der Waals surface area contributed by atoms with Crippen LogP contribution < -0.4 is 0 Å². The quantitative estimate of drug-likeness (QED) is 0.229. The van der Waals surface area contributed by atoms with Crippen LogP contribution in [0.1, 0.15) is 25.8 Å². The Kier molecular flexibility index (Phi) is 7.63. The average Bonchev–Trinajstić information content (AvgIpc) is 3.32. The second kappa shape index (κ2) is 10.4. The number of ether oxygens (including phenoxy) is 1. The largest absolute Gasteiger partial charge is 0.456 e. The van der Waals surface area contributed by atoms with E-state index in [1.54, 1.807) is 25.9 Å². The molecule has 3 aliphatic rings. The highest BCUT2D eigenvalue weighted by Gasteiger charge is 2.60. The first-order valence-electron chi connectivity index (χ1n) is 12.2. The summed E-state index contributed by atoms with van der Waals surface area (Å²) in [6.45, 7) is 4.06. The normalized spacial score (nSPS) is 28.1. The SMILES string of the molecule is C[C@H]1C(S[C@H]2C[C@@H](C(=O)N(C)C)N(C)C2)=C(C(=O)OCc2ccc([N+](=O)[O-])cc2)N2C(=O)[C@H]([C@@H](C)O)C12. The third-order valence-corrected chi connectivity index (χ3v) is 8.84. The molecule has 1 N–H and O–H groups in total. The molecule has 3 aliphatic heterocycles. The number of nitro groups is 1. The number of hydrogen-bond acceptors (Lipinski definition) is 9. The summed E-state index contributed by atoms with van der Waals surface area (Å²) in [7, 11) is 5.35. The van der Waals surface area contributed by atoms with E-state index in [0.717, 1.165) is 4.91 Å². The minimum absolute atomic E-state index is 0.0231. The maximum Gasteiger partial charge on any atom is 0.356 e. The molecule has 1 unspecified atom stereocenters. The van der Waals surface area contributed by atoms with Crippen LogP contribution in [0.2, 0.25) is 0 Å². The van der Waals surface area contributed by atoms with E-state index in [9.17, 15) is 29.6 Å². The minimum atomic E-state index is -0.849. The highest BCUT2D eigenvalue weighted by atomic mass is 32.2. The number of likely N-dealkylation sites (N-methyl/N-ethyl adjacent to an activating group) is 2. The summed E-state index contributed by atoms with van der Waals surface area (Å²) >= 11 is 1.50. The molecule has 2 amide bonds. The zero-order valence-corrected chi connectivity index (χ0v) is 22.3. The predicted molar refractivity (Wildman–Crippen MR) is 136 cm³/mol. The number of nitro benzene ring substituents is 1. The number of aliphatic hydroxyl groups is 1. The van der Waals surface area contributed by atoms with Crippen molar-refractivity contribution in [3.05, 3.63) is 50.5 Å². The Hall–Kier alpha value is -2.96. The summed E-state index contributed by atoms with van der Waals surface area (Å²) < 4.78 is 5.56. The molecule has 11 nitrogen and oxygen atoms in total. The van der Waals surface area contributed by atoms with Gasteiger partial charge < -0.3 is 19.6 Å². The van der Waals surface area contributed by atoms with Crippen molar-refractivity contribution in [2.24, 2.45) is 11.8 Å². The van der Waals surface area contributed by atoms with Crippen molar-refractivity contribution in [3.63, 3.8) is 0 Å². The van der Waals surface area contributed by atoms with Gasteiger partial charge in [-0.3, -0.25) is 24.6 Å². The number of fused-ring (bicyclic) bond motifs is 1. The molecule has 0 bridgehead atoms. The molecule has 4 rings (SSSR count). The van der Waals surface area contributed by atoms with Crippen LogP contribution in [0.5, 0.6) is 0 Å². The Bertz CT molecular complexity index is 1140. The van der Waals surface area contributed by atoms with Gasteiger partial charge >= 0.3 is 5.97 Å². The van der Waals surface area contributed by atoms with Crippen LogP contribution in [0.25, 0.3) is 0 Å². The number of amides is 2. The van der Waals surface area contributed by atoms with E-state index in [4.69, 9.17) is 4.74 Å². The Labute approximate surface area is 219 Å². The molecule has 0 spiro atoms. The van der Waals surface area contributed by atoms with Crippen LogP contribution >= 0.6 is 11.8 Å². The highest BCUT2D eigenvalue weighted by Crippen LogP contribution is 2.52. The van der Waals surface area contributed by atoms with Crippen LogP contribution in [0, 0.1) is 22.0 Å². The zero-order chi connectivity index (χ0) is 27.2. The molecule has 37 heavy (non-hydrogen) atoms. The summed E-state index contributed by atoms with van der Waals surface area (Å²) in [6.07, 6.45) is -0.240. The summed E-state index contributed by atoms with van der Waals surface area (Å²) in [6, 6.07) is 5.12. The first-order valence-corrected chi connectivity index (χ1v) is 13.0. The van der Waals surface area contributed by atoms with Crippen LogP contribution in [0.3, 0.4) is 0 Å². The first kappa shape index (κ1) is 27.1. The van der Waals surface area contributed by atoms with E-state index >= 15 is 0 Å². The zero-order valence-electron chi connectivity index (χ0n) is 21.5. The molecule has 12 heteroatoms. The van der Waals surface area contributed by atoms with Gasteiger partial charge in [-0.15, -0.1) is 11.8 Å². The van der Waals surface area contributed by atoms with E-state index in [2.05, 4.69) is 0 Å². The Morgan fingerprint density at radius 1 is 1.30 bits per heavy atom. The van der Waals surface area contributed by atoms with Gasteiger partial charge in [-0.2, -0.15) is 0 Å². The van der Waals surface area contributed by atoms with Crippen molar-refractivity contribution in [1.82, 2.24) is 14.7 Å². The van der Waals surface area contributed by atoms with Crippen LogP contribution in [-0.2, 0) is 25.7 Å². The summed E-state index contributed by atoms with van der Waals surface area (Å²) in [5.41, 5.74) is 0.707. The molecule has 0 aliphatic carbocycles. The molecule has 0 aromatic heterocycles. The van der Waals surface area contributed by atoms with Gasteiger partial charge in [0.15, 0.2) is 0 Å². The van der Waals surface area contributed by atoms with Gasteiger partial charge in [0, 0.05) is 48.8 Å². The van der Waals surface area contributed by atoms with E-state index < -0.39 is 22.9 Å². The van der Waals surface area contributed by atoms with Gasteiger partial charge in [-0.25, -0.2) is 4.79 Å². The molecule has 1 aromatic carbocycles. The molecule has 0 saturated carbocycles. The Morgan fingerprint density at radius 2 is 1.95 bits per heavy atom.